The maximum atomic E-state index is 11.6. The highest BCUT2D eigenvalue weighted by Gasteiger charge is 2.43. The highest BCUT2D eigenvalue weighted by atomic mass is 16.5. The molecule has 1 heterocycles. The summed E-state index contributed by atoms with van der Waals surface area (Å²) in [7, 11) is 0. The highest BCUT2D eigenvalue weighted by molar-refractivity contribution is 5.73. The second kappa shape index (κ2) is 3.32. The van der Waals surface area contributed by atoms with Gasteiger partial charge in [0.05, 0.1) is 12.5 Å². The van der Waals surface area contributed by atoms with Crippen LogP contribution in [0.3, 0.4) is 0 Å². The molecule has 13 heavy (non-hydrogen) atoms. The molecule has 0 amide bonds. The van der Waals surface area contributed by atoms with Gasteiger partial charge >= 0.3 is 5.97 Å². The number of carbonyl (C=O) groups excluding carboxylic acids is 1. The van der Waals surface area contributed by atoms with E-state index in [-0.39, 0.29) is 11.9 Å². The third-order valence-electron chi connectivity index (χ3n) is 3.85. The van der Waals surface area contributed by atoms with E-state index in [9.17, 15) is 4.79 Å². The minimum absolute atomic E-state index is 0.0688. The van der Waals surface area contributed by atoms with Gasteiger partial charge in [0, 0.05) is 0 Å². The first-order valence-corrected chi connectivity index (χ1v) is 5.37. The molecule has 1 saturated carbocycles. The minimum atomic E-state index is 0.0688. The molecule has 0 spiro atoms. The van der Waals surface area contributed by atoms with Gasteiger partial charge in [-0.05, 0) is 37.0 Å². The molecule has 0 bridgehead atoms. The molecule has 2 nitrogen and oxygen atoms in total. The Kier molecular flexibility index (Phi) is 2.31. The van der Waals surface area contributed by atoms with Crippen LogP contribution in [0.4, 0.5) is 0 Å². The van der Waals surface area contributed by atoms with Gasteiger partial charge in [-0.1, -0.05) is 13.8 Å². The molecule has 0 N–H and O–H groups in total. The van der Waals surface area contributed by atoms with E-state index in [2.05, 4.69) is 13.8 Å². The van der Waals surface area contributed by atoms with Gasteiger partial charge in [0.1, 0.15) is 0 Å². The Morgan fingerprint density at radius 1 is 1.15 bits per heavy atom. The Labute approximate surface area is 79.7 Å². The SMILES string of the molecule is C[C@@H]1CCOC(=O)[C@H]2[C@@H]1CC[C@@H]2C. The summed E-state index contributed by atoms with van der Waals surface area (Å²) >= 11 is 0. The first-order chi connectivity index (χ1) is 6.20. The summed E-state index contributed by atoms with van der Waals surface area (Å²) in [6, 6.07) is 0. The second-order valence-electron chi connectivity index (χ2n) is 4.68. The molecular formula is C11H18O2. The van der Waals surface area contributed by atoms with Gasteiger partial charge in [0.25, 0.3) is 0 Å². The largest absolute Gasteiger partial charge is 0.465 e. The predicted molar refractivity (Wildman–Crippen MR) is 50.1 cm³/mol. The Bertz CT molecular complexity index is 212. The molecule has 0 radical (unpaired) electrons. The zero-order valence-electron chi connectivity index (χ0n) is 8.45. The van der Waals surface area contributed by atoms with Gasteiger partial charge in [0.15, 0.2) is 0 Å². The van der Waals surface area contributed by atoms with Crippen molar-refractivity contribution < 1.29 is 9.53 Å². The summed E-state index contributed by atoms with van der Waals surface area (Å²) in [4.78, 5) is 11.6. The topological polar surface area (TPSA) is 26.3 Å². The van der Waals surface area contributed by atoms with Crippen molar-refractivity contribution in [1.82, 2.24) is 0 Å². The van der Waals surface area contributed by atoms with Gasteiger partial charge in [-0.2, -0.15) is 0 Å². The number of cyclic esters (lactones) is 1. The maximum absolute atomic E-state index is 11.6. The molecular weight excluding hydrogens is 164 g/mol. The summed E-state index contributed by atoms with van der Waals surface area (Å²) in [5.74, 6) is 2.08. The smallest absolute Gasteiger partial charge is 0.309 e. The fourth-order valence-corrected chi connectivity index (χ4v) is 2.94. The number of carbonyl (C=O) groups is 1. The van der Waals surface area contributed by atoms with Crippen LogP contribution < -0.4 is 0 Å². The fraction of sp³-hybridized carbons (Fsp3) is 0.909. The van der Waals surface area contributed by atoms with Gasteiger partial charge < -0.3 is 4.74 Å². The second-order valence-corrected chi connectivity index (χ2v) is 4.68. The average Bonchev–Trinajstić information content (AvgIpc) is 2.40. The predicted octanol–water partition coefficient (Wildman–Crippen LogP) is 2.23. The summed E-state index contributed by atoms with van der Waals surface area (Å²) < 4.78 is 5.22. The lowest BCUT2D eigenvalue weighted by Gasteiger charge is -2.21. The summed E-state index contributed by atoms with van der Waals surface area (Å²) in [5.41, 5.74) is 0. The molecule has 2 heteroatoms. The zero-order valence-corrected chi connectivity index (χ0v) is 8.45. The first kappa shape index (κ1) is 9.04. The van der Waals surface area contributed by atoms with Gasteiger partial charge in [0.2, 0.25) is 0 Å². The Morgan fingerprint density at radius 2 is 1.92 bits per heavy atom. The average molecular weight is 182 g/mol. The van der Waals surface area contributed by atoms with E-state index in [1.165, 1.54) is 12.8 Å². The van der Waals surface area contributed by atoms with Crippen LogP contribution in [0.15, 0.2) is 0 Å². The molecule has 1 aliphatic heterocycles. The number of fused-ring (bicyclic) bond motifs is 1. The van der Waals surface area contributed by atoms with Crippen LogP contribution in [0.5, 0.6) is 0 Å². The van der Waals surface area contributed by atoms with Crippen molar-refractivity contribution in [3.63, 3.8) is 0 Å². The molecule has 1 saturated heterocycles. The quantitative estimate of drug-likeness (QED) is 0.537. The van der Waals surface area contributed by atoms with Crippen molar-refractivity contribution in [2.45, 2.75) is 33.1 Å². The van der Waals surface area contributed by atoms with Crippen molar-refractivity contribution in [3.8, 4) is 0 Å². The van der Waals surface area contributed by atoms with E-state index in [1.54, 1.807) is 0 Å². The van der Waals surface area contributed by atoms with Gasteiger partial charge in [-0.15, -0.1) is 0 Å². The third kappa shape index (κ3) is 1.47. The number of hydrogen-bond acceptors (Lipinski definition) is 2. The van der Waals surface area contributed by atoms with Crippen LogP contribution in [0.1, 0.15) is 33.1 Å². The van der Waals surface area contributed by atoms with E-state index in [4.69, 9.17) is 4.74 Å². The lowest BCUT2D eigenvalue weighted by molar-refractivity contribution is -0.149. The van der Waals surface area contributed by atoms with Crippen LogP contribution in [-0.4, -0.2) is 12.6 Å². The Balaban J connectivity index is 2.20. The molecule has 2 rings (SSSR count). The molecule has 0 aromatic rings. The summed E-state index contributed by atoms with van der Waals surface area (Å²) in [6.07, 6.45) is 3.48. The van der Waals surface area contributed by atoms with E-state index in [1.807, 2.05) is 0 Å². The standard InChI is InChI=1S/C11H18O2/c1-7-5-6-13-11(12)10-8(2)3-4-9(7)10/h7-10H,3-6H2,1-2H3/t7-,8+,9-,10-/m1/s1. The normalized spacial score (nSPS) is 45.2. The molecule has 1 aliphatic carbocycles. The van der Waals surface area contributed by atoms with Gasteiger partial charge in [-0.3, -0.25) is 4.79 Å². The molecule has 0 aromatic heterocycles. The van der Waals surface area contributed by atoms with E-state index in [0.717, 1.165) is 6.42 Å². The van der Waals surface area contributed by atoms with E-state index in [0.29, 0.717) is 24.4 Å². The van der Waals surface area contributed by atoms with E-state index < -0.39 is 0 Å². The van der Waals surface area contributed by atoms with Crippen molar-refractivity contribution in [2.75, 3.05) is 6.61 Å². The molecule has 74 valence electrons. The maximum Gasteiger partial charge on any atom is 0.309 e. The first-order valence-electron chi connectivity index (χ1n) is 5.37. The number of esters is 1. The Morgan fingerprint density at radius 3 is 2.69 bits per heavy atom. The molecule has 4 atom stereocenters. The third-order valence-corrected chi connectivity index (χ3v) is 3.85. The number of rotatable bonds is 0. The van der Waals surface area contributed by atoms with Crippen LogP contribution in [0, 0.1) is 23.7 Å². The lowest BCUT2D eigenvalue weighted by atomic mass is 9.82. The minimum Gasteiger partial charge on any atom is -0.465 e. The number of hydrogen-bond donors (Lipinski definition) is 0. The summed E-state index contributed by atoms with van der Waals surface area (Å²) in [6.45, 7) is 5.08. The van der Waals surface area contributed by atoms with Crippen LogP contribution in [0.2, 0.25) is 0 Å². The Hall–Kier alpha value is -0.530. The molecule has 2 aliphatic rings. The lowest BCUT2D eigenvalue weighted by Crippen LogP contribution is -2.25. The van der Waals surface area contributed by atoms with Crippen LogP contribution >= 0.6 is 0 Å². The summed E-state index contributed by atoms with van der Waals surface area (Å²) in [5, 5.41) is 0. The van der Waals surface area contributed by atoms with Crippen molar-refractivity contribution in [3.05, 3.63) is 0 Å². The number of ether oxygens (including phenoxy) is 1. The van der Waals surface area contributed by atoms with Gasteiger partial charge in [-0.25, -0.2) is 0 Å². The van der Waals surface area contributed by atoms with Crippen molar-refractivity contribution in [1.29, 1.82) is 0 Å². The van der Waals surface area contributed by atoms with Crippen LogP contribution in [0.25, 0.3) is 0 Å². The fourth-order valence-electron chi connectivity index (χ4n) is 2.94. The molecule has 2 fully saturated rings. The molecule has 0 aromatic carbocycles. The van der Waals surface area contributed by atoms with Crippen molar-refractivity contribution >= 4 is 5.97 Å². The van der Waals surface area contributed by atoms with Crippen molar-refractivity contribution in [2.24, 2.45) is 23.7 Å². The van der Waals surface area contributed by atoms with Crippen LogP contribution in [-0.2, 0) is 9.53 Å². The van der Waals surface area contributed by atoms with E-state index >= 15 is 0 Å². The zero-order chi connectivity index (χ0) is 9.42. The monoisotopic (exact) mass is 182 g/mol. The molecule has 0 unspecified atom stereocenters. The highest BCUT2D eigenvalue weighted by Crippen LogP contribution is 2.44.